The molecular weight excluding hydrogens is 642 g/mol. The zero-order valence-corrected chi connectivity index (χ0v) is 28.9. The van der Waals surface area contributed by atoms with Gasteiger partial charge in [-0.2, -0.15) is 0 Å². The van der Waals surface area contributed by atoms with Crippen LogP contribution in [0, 0.1) is 18.8 Å². The third-order valence-electron chi connectivity index (χ3n) is 9.28. The minimum absolute atomic E-state index is 0.171. The maximum absolute atomic E-state index is 13.4. The molecule has 11 heteroatoms. The number of aryl methyl sites for hydroxylation is 1. The van der Waals surface area contributed by atoms with Gasteiger partial charge in [-0.25, -0.2) is 9.59 Å². The number of rotatable bonds is 22. The Balaban J connectivity index is 1.56. The smallest absolute Gasteiger partial charge is 0.337 e. The summed E-state index contributed by atoms with van der Waals surface area (Å²) >= 11 is 0. The van der Waals surface area contributed by atoms with Gasteiger partial charge in [-0.3, -0.25) is 14.4 Å². The standard InChI is InChI=1S/C39H51NO10/c1-27-15-21-31(22-16-27)50-32-23-18-29(19-24-32)25-34(37(45)46)40-36(44)33(39(49,38(47)48)26-35(42)43)14-10-5-3-2-4-9-13-30(41)20-17-28-11-7-6-8-12-28/h10,14-16,18-19,21-24,28,33-34,49H,2-9,11-13,17,20,25-26H2,1H3,(H,40,44)(H,42,43)(H,45,46)(H,47,48)/b14-10+/t33-,34+,39+/m1/s1. The second kappa shape index (κ2) is 20.2. The summed E-state index contributed by atoms with van der Waals surface area (Å²) in [5.74, 6) is -5.88. The average molecular weight is 694 g/mol. The lowest BCUT2D eigenvalue weighted by molar-refractivity contribution is -0.172. The molecule has 3 atom stereocenters. The molecule has 2 aromatic carbocycles. The van der Waals surface area contributed by atoms with Gasteiger partial charge in [0.1, 0.15) is 23.3 Å². The van der Waals surface area contributed by atoms with Gasteiger partial charge in [-0.15, -0.1) is 0 Å². The van der Waals surface area contributed by atoms with Crippen molar-refractivity contribution in [3.63, 3.8) is 0 Å². The summed E-state index contributed by atoms with van der Waals surface area (Å²) in [6, 6.07) is 12.5. The topological polar surface area (TPSA) is 188 Å². The molecule has 1 saturated carbocycles. The number of aliphatic carboxylic acids is 3. The van der Waals surface area contributed by atoms with Gasteiger partial charge >= 0.3 is 17.9 Å². The number of Topliss-reactive ketones (excluding diaryl/α,β-unsaturated/α-hetero) is 1. The molecule has 11 nitrogen and oxygen atoms in total. The highest BCUT2D eigenvalue weighted by Gasteiger charge is 2.49. The maximum atomic E-state index is 13.4. The van der Waals surface area contributed by atoms with Crippen molar-refractivity contribution >= 4 is 29.6 Å². The number of carbonyl (C=O) groups is 5. The van der Waals surface area contributed by atoms with Crippen molar-refractivity contribution in [2.24, 2.45) is 11.8 Å². The van der Waals surface area contributed by atoms with E-state index in [1.807, 2.05) is 31.2 Å². The van der Waals surface area contributed by atoms with Crippen LogP contribution < -0.4 is 10.1 Å². The van der Waals surface area contributed by atoms with Gasteiger partial charge in [0.05, 0.1) is 12.3 Å². The molecule has 0 saturated heterocycles. The predicted octanol–water partition coefficient (Wildman–Crippen LogP) is 6.63. The molecular formula is C39H51NO10. The van der Waals surface area contributed by atoms with Crippen LogP contribution in [-0.4, -0.2) is 61.7 Å². The van der Waals surface area contributed by atoms with Crippen LogP contribution in [0.5, 0.6) is 11.5 Å². The number of allylic oxidation sites excluding steroid dienone is 1. The fourth-order valence-corrected chi connectivity index (χ4v) is 6.28. The van der Waals surface area contributed by atoms with Gasteiger partial charge in [0.25, 0.3) is 0 Å². The quantitative estimate of drug-likeness (QED) is 0.0661. The van der Waals surface area contributed by atoms with Gasteiger partial charge in [0.2, 0.25) is 5.91 Å². The van der Waals surface area contributed by atoms with Gasteiger partial charge in [-0.1, -0.05) is 86.9 Å². The van der Waals surface area contributed by atoms with Crippen LogP contribution in [0.25, 0.3) is 0 Å². The van der Waals surface area contributed by atoms with E-state index in [0.29, 0.717) is 54.4 Å². The lowest BCUT2D eigenvalue weighted by atomic mass is 9.82. The zero-order valence-electron chi connectivity index (χ0n) is 28.9. The first-order valence-corrected chi connectivity index (χ1v) is 17.6. The highest BCUT2D eigenvalue weighted by Crippen LogP contribution is 2.28. The van der Waals surface area contributed by atoms with Crippen LogP contribution in [0.4, 0.5) is 0 Å². The molecule has 0 radical (unpaired) electrons. The third kappa shape index (κ3) is 13.4. The number of benzene rings is 2. The van der Waals surface area contributed by atoms with E-state index in [2.05, 4.69) is 5.32 Å². The first-order chi connectivity index (χ1) is 23.9. The van der Waals surface area contributed by atoms with Crippen molar-refractivity contribution in [2.75, 3.05) is 0 Å². The van der Waals surface area contributed by atoms with Crippen LogP contribution in [0.15, 0.2) is 60.7 Å². The second-order valence-corrected chi connectivity index (χ2v) is 13.4. The Hall–Kier alpha value is -4.51. The molecule has 1 aliphatic carbocycles. The maximum Gasteiger partial charge on any atom is 0.337 e. The Morgan fingerprint density at radius 2 is 1.48 bits per heavy atom. The highest BCUT2D eigenvalue weighted by molar-refractivity contribution is 5.94. The van der Waals surface area contributed by atoms with E-state index < -0.39 is 47.8 Å². The zero-order chi connectivity index (χ0) is 36.5. The number of aliphatic hydroxyl groups is 1. The summed E-state index contributed by atoms with van der Waals surface area (Å²) < 4.78 is 5.80. The summed E-state index contributed by atoms with van der Waals surface area (Å²) in [5.41, 5.74) is -1.42. The molecule has 5 N–H and O–H groups in total. The van der Waals surface area contributed by atoms with Gasteiger partial charge in [0, 0.05) is 19.3 Å². The Morgan fingerprint density at radius 3 is 2.08 bits per heavy atom. The average Bonchev–Trinajstić information content (AvgIpc) is 3.08. The Labute approximate surface area is 293 Å². The van der Waals surface area contributed by atoms with Crippen molar-refractivity contribution in [2.45, 2.75) is 115 Å². The van der Waals surface area contributed by atoms with Crippen molar-refractivity contribution in [1.29, 1.82) is 0 Å². The number of amides is 1. The van der Waals surface area contributed by atoms with E-state index in [1.165, 1.54) is 38.2 Å². The number of carboxylic acids is 3. The number of carbonyl (C=O) groups excluding carboxylic acids is 2. The van der Waals surface area contributed by atoms with Gasteiger partial charge < -0.3 is 30.5 Å². The number of ether oxygens (including phenoxy) is 1. The van der Waals surface area contributed by atoms with Crippen molar-refractivity contribution in [3.05, 3.63) is 71.8 Å². The molecule has 0 aliphatic heterocycles. The first-order valence-electron chi connectivity index (χ1n) is 17.6. The molecule has 1 amide bonds. The normalized spacial score (nSPS) is 15.9. The SMILES string of the molecule is Cc1ccc(Oc2ccc(C[C@H](NC(=O)[C@@H](/C=C/CCCCCCC(=O)CCC3CCCCC3)[C@@](O)(CC(=O)O)C(=O)O)C(=O)O)cc2)cc1. The fourth-order valence-electron chi connectivity index (χ4n) is 6.28. The Morgan fingerprint density at radius 1 is 0.860 bits per heavy atom. The van der Waals surface area contributed by atoms with E-state index in [9.17, 15) is 44.4 Å². The van der Waals surface area contributed by atoms with Crippen LogP contribution >= 0.6 is 0 Å². The molecule has 0 bridgehead atoms. The molecule has 0 aromatic heterocycles. The Bertz CT molecular complexity index is 1450. The number of nitrogens with one attached hydrogen (secondary N) is 1. The molecule has 1 aliphatic rings. The number of hydrogen-bond donors (Lipinski definition) is 5. The summed E-state index contributed by atoms with van der Waals surface area (Å²) in [7, 11) is 0. The minimum Gasteiger partial charge on any atom is -0.481 e. The second-order valence-electron chi connectivity index (χ2n) is 13.4. The van der Waals surface area contributed by atoms with Crippen LogP contribution in [0.2, 0.25) is 0 Å². The summed E-state index contributed by atoms with van der Waals surface area (Å²) in [4.78, 5) is 61.4. The van der Waals surface area contributed by atoms with E-state index in [4.69, 9.17) is 4.74 Å². The number of carboxylic acid groups (broad SMARTS) is 3. The third-order valence-corrected chi connectivity index (χ3v) is 9.28. The summed E-state index contributed by atoms with van der Waals surface area (Å²) in [6.45, 7) is 1.96. The highest BCUT2D eigenvalue weighted by atomic mass is 16.5. The molecule has 2 aromatic rings. The van der Waals surface area contributed by atoms with Gasteiger partial charge in [-0.05, 0) is 68.4 Å². The number of unbranched alkanes of at least 4 members (excludes halogenated alkanes) is 4. The molecule has 0 unspecified atom stereocenters. The lowest BCUT2D eigenvalue weighted by Gasteiger charge is -2.29. The molecule has 50 heavy (non-hydrogen) atoms. The molecule has 1 fully saturated rings. The van der Waals surface area contributed by atoms with E-state index >= 15 is 0 Å². The fraction of sp³-hybridized carbons (Fsp3) is 0.513. The predicted molar refractivity (Wildman–Crippen MR) is 187 cm³/mol. The summed E-state index contributed by atoms with van der Waals surface area (Å²) in [6.07, 6.45) is 13.1. The van der Waals surface area contributed by atoms with E-state index in [0.717, 1.165) is 37.3 Å². The van der Waals surface area contributed by atoms with Crippen LogP contribution in [0.1, 0.15) is 101 Å². The van der Waals surface area contributed by atoms with Gasteiger partial charge in [0.15, 0.2) is 5.60 Å². The van der Waals surface area contributed by atoms with E-state index in [-0.39, 0.29) is 6.42 Å². The first kappa shape index (κ1) is 39.9. The van der Waals surface area contributed by atoms with Crippen molar-refractivity contribution < 1.29 is 49.1 Å². The largest absolute Gasteiger partial charge is 0.481 e. The summed E-state index contributed by atoms with van der Waals surface area (Å²) in [5, 5.41) is 42.3. The van der Waals surface area contributed by atoms with Crippen molar-refractivity contribution in [3.8, 4) is 11.5 Å². The molecule has 0 heterocycles. The monoisotopic (exact) mass is 693 g/mol. The van der Waals surface area contributed by atoms with Crippen LogP contribution in [0.3, 0.4) is 0 Å². The van der Waals surface area contributed by atoms with E-state index in [1.54, 1.807) is 24.3 Å². The number of hydrogen-bond acceptors (Lipinski definition) is 7. The number of ketones is 1. The van der Waals surface area contributed by atoms with Crippen LogP contribution in [-0.2, 0) is 30.4 Å². The lowest BCUT2D eigenvalue weighted by Crippen LogP contribution is -2.55. The molecule has 3 rings (SSSR count). The molecule has 0 spiro atoms. The molecule has 272 valence electrons. The van der Waals surface area contributed by atoms with Crippen molar-refractivity contribution in [1.82, 2.24) is 5.32 Å². The Kier molecular flexibility index (Phi) is 16.2. The minimum atomic E-state index is -3.03.